The Morgan fingerprint density at radius 1 is 1.12 bits per heavy atom. The van der Waals surface area contributed by atoms with E-state index in [2.05, 4.69) is 15.2 Å². The van der Waals surface area contributed by atoms with Gasteiger partial charge in [0.25, 0.3) is 0 Å². The molecule has 0 radical (unpaired) electrons. The van der Waals surface area contributed by atoms with Crippen molar-refractivity contribution in [3.8, 4) is 11.4 Å². The van der Waals surface area contributed by atoms with Gasteiger partial charge in [-0.3, -0.25) is 14.3 Å². The largest absolute Gasteiger partial charge is 0.491 e. The number of carbonyl (C=O) groups is 1. The van der Waals surface area contributed by atoms with E-state index in [0.717, 1.165) is 42.5 Å². The molecule has 0 saturated carbocycles. The van der Waals surface area contributed by atoms with Crippen LogP contribution in [0.3, 0.4) is 0 Å². The second-order valence-electron chi connectivity index (χ2n) is 7.34. The van der Waals surface area contributed by atoms with Gasteiger partial charge >= 0.3 is 0 Å². The van der Waals surface area contributed by atoms with Gasteiger partial charge in [0.2, 0.25) is 5.91 Å². The smallest absolute Gasteiger partial charge is 0.222 e. The maximum Gasteiger partial charge on any atom is 0.222 e. The summed E-state index contributed by atoms with van der Waals surface area (Å²) in [6.45, 7) is 1.61. The fourth-order valence-corrected chi connectivity index (χ4v) is 4.75. The van der Waals surface area contributed by atoms with Crippen LogP contribution < -0.4 is 4.74 Å². The average Bonchev–Trinajstić information content (AvgIpc) is 3.08. The molecule has 168 valence electrons. The zero-order valence-corrected chi connectivity index (χ0v) is 19.7. The van der Waals surface area contributed by atoms with Gasteiger partial charge in [0.1, 0.15) is 5.75 Å². The third kappa shape index (κ3) is 5.74. The van der Waals surface area contributed by atoms with Crippen molar-refractivity contribution in [2.75, 3.05) is 18.9 Å². The molecule has 0 N–H and O–H groups in total. The van der Waals surface area contributed by atoms with Crippen molar-refractivity contribution in [3.63, 3.8) is 0 Å². The van der Waals surface area contributed by atoms with Crippen LogP contribution >= 0.6 is 35.0 Å². The van der Waals surface area contributed by atoms with Crippen molar-refractivity contribution < 1.29 is 9.53 Å². The molecule has 3 heterocycles. The molecule has 7 nitrogen and oxygen atoms in total. The number of hydrogen-bond acceptors (Lipinski definition) is 6. The fraction of sp³-hybridized carbons (Fsp3) is 0.364. The van der Waals surface area contributed by atoms with Crippen LogP contribution in [0, 0.1) is 0 Å². The van der Waals surface area contributed by atoms with E-state index in [1.54, 1.807) is 30.6 Å². The zero-order valence-electron chi connectivity index (χ0n) is 17.4. The summed E-state index contributed by atoms with van der Waals surface area (Å²) in [5, 5.41) is 10.6. The van der Waals surface area contributed by atoms with Crippen LogP contribution in [0.15, 0.2) is 47.9 Å². The van der Waals surface area contributed by atoms with Crippen molar-refractivity contribution in [1.29, 1.82) is 0 Å². The first-order chi connectivity index (χ1) is 15.6. The number of ether oxygens (including phenoxy) is 1. The van der Waals surface area contributed by atoms with Crippen molar-refractivity contribution >= 4 is 40.9 Å². The quantitative estimate of drug-likeness (QED) is 0.324. The average molecular weight is 492 g/mol. The summed E-state index contributed by atoms with van der Waals surface area (Å²) >= 11 is 13.6. The second-order valence-corrected chi connectivity index (χ2v) is 9.25. The monoisotopic (exact) mass is 491 g/mol. The summed E-state index contributed by atoms with van der Waals surface area (Å²) in [6.07, 6.45) is 7.12. The van der Waals surface area contributed by atoms with Gasteiger partial charge in [0, 0.05) is 29.9 Å². The van der Waals surface area contributed by atoms with Gasteiger partial charge in [-0.05, 0) is 43.2 Å². The van der Waals surface area contributed by atoms with Crippen molar-refractivity contribution in [2.24, 2.45) is 0 Å². The molecule has 1 aliphatic rings. The number of nitrogens with zero attached hydrogens (tertiary/aromatic N) is 5. The lowest BCUT2D eigenvalue weighted by Gasteiger charge is -2.20. The molecule has 1 saturated heterocycles. The Hall–Kier alpha value is -2.29. The van der Waals surface area contributed by atoms with Crippen LogP contribution in [0.4, 0.5) is 0 Å². The van der Waals surface area contributed by atoms with Gasteiger partial charge in [-0.2, -0.15) is 0 Å². The molecule has 4 rings (SSSR count). The molecule has 32 heavy (non-hydrogen) atoms. The van der Waals surface area contributed by atoms with Crippen molar-refractivity contribution in [2.45, 2.75) is 37.4 Å². The fourth-order valence-electron chi connectivity index (χ4n) is 3.49. The number of carbonyl (C=O) groups excluding carboxylic acids is 1. The van der Waals surface area contributed by atoms with Gasteiger partial charge in [-0.1, -0.05) is 41.4 Å². The zero-order chi connectivity index (χ0) is 22.3. The van der Waals surface area contributed by atoms with Crippen LogP contribution in [0.25, 0.3) is 5.69 Å². The van der Waals surface area contributed by atoms with Crippen LogP contribution in [0.1, 0.15) is 31.5 Å². The van der Waals surface area contributed by atoms with E-state index in [1.807, 2.05) is 21.6 Å². The maximum atomic E-state index is 12.5. The van der Waals surface area contributed by atoms with Crippen LogP contribution in [0.2, 0.25) is 10.0 Å². The Morgan fingerprint density at radius 3 is 2.84 bits per heavy atom. The van der Waals surface area contributed by atoms with E-state index in [4.69, 9.17) is 27.9 Å². The van der Waals surface area contributed by atoms with Crippen molar-refractivity contribution in [3.05, 3.63) is 58.6 Å². The first kappa shape index (κ1) is 22.9. The third-order valence-electron chi connectivity index (χ3n) is 5.07. The standard InChI is InChI=1S/C22H23Cl2N5O2S/c23-16-7-8-19(18(24)13-16)31-11-12-32-22-27-26-20(29(22)17-5-4-9-25-14-17)15-28-10-3-1-2-6-21(28)30/h4-5,7-9,13-14H,1-3,6,10-12,15H2. The van der Waals surface area contributed by atoms with Crippen LogP contribution in [-0.4, -0.2) is 49.5 Å². The molecule has 0 aliphatic carbocycles. The van der Waals surface area contributed by atoms with E-state index in [0.29, 0.717) is 41.1 Å². The minimum Gasteiger partial charge on any atom is -0.491 e. The Kier molecular flexibility index (Phi) is 7.89. The summed E-state index contributed by atoms with van der Waals surface area (Å²) in [6, 6.07) is 8.98. The van der Waals surface area contributed by atoms with E-state index < -0.39 is 0 Å². The number of hydrogen-bond donors (Lipinski definition) is 0. The molecule has 2 aromatic heterocycles. The molecular weight excluding hydrogens is 469 g/mol. The summed E-state index contributed by atoms with van der Waals surface area (Å²) < 4.78 is 7.74. The summed E-state index contributed by atoms with van der Waals surface area (Å²) in [4.78, 5) is 18.6. The maximum absolute atomic E-state index is 12.5. The normalized spacial score (nSPS) is 14.4. The number of pyridine rings is 1. The Balaban J connectivity index is 1.47. The molecule has 0 spiro atoms. The lowest BCUT2D eigenvalue weighted by atomic mass is 10.2. The molecule has 1 amide bonds. The van der Waals surface area contributed by atoms with Gasteiger partial charge in [0.05, 0.1) is 30.1 Å². The number of benzene rings is 1. The lowest BCUT2D eigenvalue weighted by molar-refractivity contribution is -0.131. The number of aromatic nitrogens is 4. The molecule has 3 aromatic rings. The van der Waals surface area contributed by atoms with Crippen LogP contribution in [-0.2, 0) is 11.3 Å². The first-order valence-corrected chi connectivity index (χ1v) is 12.2. The van der Waals surface area contributed by atoms with E-state index in [-0.39, 0.29) is 5.91 Å². The van der Waals surface area contributed by atoms with E-state index in [9.17, 15) is 4.79 Å². The Morgan fingerprint density at radius 2 is 2.03 bits per heavy atom. The Labute approximate surface area is 201 Å². The minimum absolute atomic E-state index is 0.172. The highest BCUT2D eigenvalue weighted by atomic mass is 35.5. The third-order valence-corrected chi connectivity index (χ3v) is 6.50. The second kappa shape index (κ2) is 11.0. The predicted octanol–water partition coefficient (Wildman–Crippen LogP) is 5.04. The number of thioether (sulfide) groups is 1. The number of amides is 1. The van der Waals surface area contributed by atoms with E-state index in [1.165, 1.54) is 11.8 Å². The Bertz CT molecular complexity index is 1060. The minimum atomic E-state index is 0.172. The molecule has 0 bridgehead atoms. The summed E-state index contributed by atoms with van der Waals surface area (Å²) in [5.74, 6) is 2.12. The van der Waals surface area contributed by atoms with Crippen LogP contribution in [0.5, 0.6) is 5.75 Å². The molecule has 1 aliphatic heterocycles. The highest BCUT2D eigenvalue weighted by Gasteiger charge is 2.22. The highest BCUT2D eigenvalue weighted by molar-refractivity contribution is 7.99. The molecule has 1 aromatic carbocycles. The summed E-state index contributed by atoms with van der Waals surface area (Å²) in [5.41, 5.74) is 0.860. The van der Waals surface area contributed by atoms with Gasteiger partial charge in [-0.15, -0.1) is 10.2 Å². The van der Waals surface area contributed by atoms with Gasteiger partial charge < -0.3 is 9.64 Å². The SMILES string of the molecule is O=C1CCCCCN1Cc1nnc(SCCOc2ccc(Cl)cc2Cl)n1-c1cccnc1. The number of likely N-dealkylation sites (tertiary alicyclic amines) is 1. The molecule has 0 unspecified atom stereocenters. The highest BCUT2D eigenvalue weighted by Crippen LogP contribution is 2.28. The molecule has 0 atom stereocenters. The topological polar surface area (TPSA) is 73.1 Å². The summed E-state index contributed by atoms with van der Waals surface area (Å²) in [7, 11) is 0. The predicted molar refractivity (Wildman–Crippen MR) is 126 cm³/mol. The molecule has 10 heteroatoms. The number of rotatable bonds is 8. The molecular formula is C22H23Cl2N5O2S. The van der Waals surface area contributed by atoms with E-state index >= 15 is 0 Å². The number of halogens is 2. The first-order valence-electron chi connectivity index (χ1n) is 10.4. The van der Waals surface area contributed by atoms with Gasteiger partial charge in [0.15, 0.2) is 11.0 Å². The lowest BCUT2D eigenvalue weighted by Crippen LogP contribution is -2.31. The van der Waals surface area contributed by atoms with Gasteiger partial charge in [-0.25, -0.2) is 0 Å². The van der Waals surface area contributed by atoms with Crippen molar-refractivity contribution in [1.82, 2.24) is 24.6 Å². The molecule has 1 fully saturated rings.